The zero-order valence-electron chi connectivity index (χ0n) is 11.3. The predicted octanol–water partition coefficient (Wildman–Crippen LogP) is 0.128. The van der Waals surface area contributed by atoms with Gasteiger partial charge in [-0.05, 0) is 19.3 Å². The Morgan fingerprint density at radius 2 is 2.10 bits per heavy atom. The van der Waals surface area contributed by atoms with Crippen LogP contribution in [0.2, 0.25) is 0 Å². The average molecular weight is 298 g/mol. The monoisotopic (exact) mass is 298 g/mol. The van der Waals surface area contributed by atoms with Crippen LogP contribution in [0.25, 0.3) is 0 Å². The molecule has 20 heavy (non-hydrogen) atoms. The third-order valence-corrected chi connectivity index (χ3v) is 5.85. The van der Waals surface area contributed by atoms with Crippen LogP contribution in [0, 0.1) is 0 Å². The highest BCUT2D eigenvalue weighted by Gasteiger charge is 2.36. The Hall–Kier alpha value is -1.57. The Bertz CT molecular complexity index is 648. The number of nitrogens with two attached hydrogens (primary N) is 1. The zero-order valence-corrected chi connectivity index (χ0v) is 12.1. The van der Waals surface area contributed by atoms with Gasteiger partial charge in [0.25, 0.3) is 5.91 Å². The van der Waals surface area contributed by atoms with Crippen LogP contribution in [-0.2, 0) is 9.84 Å². The third kappa shape index (κ3) is 2.28. The van der Waals surface area contributed by atoms with E-state index in [1.165, 1.54) is 4.90 Å². The lowest BCUT2D eigenvalue weighted by molar-refractivity contribution is 0.0743. The van der Waals surface area contributed by atoms with Crippen molar-refractivity contribution in [3.05, 3.63) is 11.4 Å². The minimum Gasteiger partial charge on any atom is -0.395 e. The molecule has 0 aromatic carbocycles. The fraction of sp³-hybridized carbons (Fsp3) is 0.667. The van der Waals surface area contributed by atoms with Gasteiger partial charge in [0.15, 0.2) is 15.5 Å². The van der Waals surface area contributed by atoms with Crippen molar-refractivity contribution in [1.29, 1.82) is 0 Å². The van der Waals surface area contributed by atoms with Gasteiger partial charge in [-0.3, -0.25) is 9.89 Å². The van der Waals surface area contributed by atoms with E-state index >= 15 is 0 Å². The van der Waals surface area contributed by atoms with Gasteiger partial charge < -0.3 is 10.6 Å². The number of nitrogens with zero attached hydrogens (tertiary/aromatic N) is 2. The smallest absolute Gasteiger partial charge is 0.276 e. The van der Waals surface area contributed by atoms with Crippen LogP contribution in [0.5, 0.6) is 0 Å². The first-order valence-corrected chi connectivity index (χ1v) is 8.52. The van der Waals surface area contributed by atoms with Gasteiger partial charge in [-0.1, -0.05) is 0 Å². The number of carbonyl (C=O) groups excluding carboxylic acids is 1. The summed E-state index contributed by atoms with van der Waals surface area (Å²) in [5.41, 5.74) is 7.42. The fourth-order valence-corrected chi connectivity index (χ4v) is 4.40. The van der Waals surface area contributed by atoms with Crippen molar-refractivity contribution in [3.8, 4) is 0 Å². The Kier molecular flexibility index (Phi) is 3.00. The van der Waals surface area contributed by atoms with Gasteiger partial charge in [-0.2, -0.15) is 5.10 Å². The third-order valence-electron chi connectivity index (χ3n) is 4.10. The lowest BCUT2D eigenvalue weighted by atomic mass is 10.2. The number of amides is 1. The average Bonchev–Trinajstić information content (AvgIpc) is 3.07. The van der Waals surface area contributed by atoms with E-state index in [0.717, 1.165) is 18.5 Å². The summed E-state index contributed by atoms with van der Waals surface area (Å²) in [5, 5.41) is 6.85. The first-order valence-electron chi connectivity index (χ1n) is 6.70. The summed E-state index contributed by atoms with van der Waals surface area (Å²) in [6.07, 6.45) is 2.61. The van der Waals surface area contributed by atoms with E-state index < -0.39 is 9.84 Å². The van der Waals surface area contributed by atoms with Crippen LogP contribution < -0.4 is 5.73 Å². The normalized spacial score (nSPS) is 24.8. The minimum absolute atomic E-state index is 0.0229. The van der Waals surface area contributed by atoms with Gasteiger partial charge in [0, 0.05) is 19.0 Å². The fourth-order valence-electron chi connectivity index (χ4n) is 2.62. The summed E-state index contributed by atoms with van der Waals surface area (Å²) in [6, 6.07) is -0.284. The Balaban J connectivity index is 1.78. The number of aromatic nitrogens is 2. The number of anilines is 1. The van der Waals surface area contributed by atoms with Crippen molar-refractivity contribution in [1.82, 2.24) is 15.1 Å². The van der Waals surface area contributed by atoms with Gasteiger partial charge in [0.05, 0.1) is 22.9 Å². The first-order chi connectivity index (χ1) is 9.39. The van der Waals surface area contributed by atoms with Crippen LogP contribution in [0.15, 0.2) is 0 Å². The Morgan fingerprint density at radius 3 is 2.65 bits per heavy atom. The molecule has 2 aliphatic rings. The number of nitrogen functional groups attached to an aromatic ring is 1. The number of hydrogen-bond acceptors (Lipinski definition) is 5. The number of rotatable bonds is 3. The standard InChI is InChI=1S/C12H18N4O3S/c1-16(8-4-5-20(18,19)6-8)12(17)11-9(13)10(14-15-11)7-2-3-7/h7-8H,2-6,13H2,1H3,(H,14,15). The van der Waals surface area contributed by atoms with Gasteiger partial charge >= 0.3 is 0 Å². The molecule has 0 radical (unpaired) electrons. The number of carbonyl (C=O) groups is 1. The summed E-state index contributed by atoms with van der Waals surface area (Å²) in [6.45, 7) is 0. The van der Waals surface area contributed by atoms with Gasteiger partial charge in [0.2, 0.25) is 0 Å². The molecule has 1 aliphatic carbocycles. The SMILES string of the molecule is CN(C(=O)c1n[nH]c(C2CC2)c1N)C1CCS(=O)(=O)C1. The second-order valence-electron chi connectivity index (χ2n) is 5.65. The zero-order chi connectivity index (χ0) is 14.5. The van der Waals surface area contributed by atoms with E-state index in [1.54, 1.807) is 7.05 Å². The predicted molar refractivity (Wildman–Crippen MR) is 74.1 cm³/mol. The maximum atomic E-state index is 12.4. The topological polar surface area (TPSA) is 109 Å². The van der Waals surface area contributed by atoms with Crippen LogP contribution in [0.4, 0.5) is 5.69 Å². The molecule has 1 amide bonds. The van der Waals surface area contributed by atoms with E-state index in [2.05, 4.69) is 10.2 Å². The molecule has 1 aliphatic heterocycles. The number of hydrogen-bond donors (Lipinski definition) is 2. The lowest BCUT2D eigenvalue weighted by Gasteiger charge is -2.22. The lowest BCUT2D eigenvalue weighted by Crippen LogP contribution is -2.38. The quantitative estimate of drug-likeness (QED) is 0.824. The second kappa shape index (κ2) is 4.47. The summed E-state index contributed by atoms with van der Waals surface area (Å²) in [5.74, 6) is 0.238. The molecular weight excluding hydrogens is 280 g/mol. The summed E-state index contributed by atoms with van der Waals surface area (Å²) in [7, 11) is -1.41. The molecule has 110 valence electrons. The number of H-pyrrole nitrogens is 1. The van der Waals surface area contributed by atoms with Crippen molar-refractivity contribution < 1.29 is 13.2 Å². The van der Waals surface area contributed by atoms with Gasteiger partial charge in [-0.15, -0.1) is 0 Å². The Morgan fingerprint density at radius 1 is 1.40 bits per heavy atom. The van der Waals surface area contributed by atoms with E-state index in [1.807, 2.05) is 0 Å². The van der Waals surface area contributed by atoms with Crippen LogP contribution >= 0.6 is 0 Å². The van der Waals surface area contributed by atoms with E-state index in [-0.39, 0.29) is 29.1 Å². The maximum absolute atomic E-state index is 12.4. The molecule has 1 aromatic heterocycles. The molecular formula is C12H18N4O3S. The number of sulfone groups is 1. The van der Waals surface area contributed by atoms with Crippen molar-refractivity contribution in [2.45, 2.75) is 31.2 Å². The molecule has 2 fully saturated rings. The van der Waals surface area contributed by atoms with E-state index in [0.29, 0.717) is 18.0 Å². The molecule has 8 heteroatoms. The second-order valence-corrected chi connectivity index (χ2v) is 7.88. The molecule has 3 rings (SSSR count). The van der Waals surface area contributed by atoms with E-state index in [4.69, 9.17) is 5.73 Å². The van der Waals surface area contributed by atoms with Crippen molar-refractivity contribution in [3.63, 3.8) is 0 Å². The van der Waals surface area contributed by atoms with Crippen molar-refractivity contribution in [2.24, 2.45) is 0 Å². The van der Waals surface area contributed by atoms with E-state index in [9.17, 15) is 13.2 Å². The van der Waals surface area contributed by atoms with Crippen LogP contribution in [0.3, 0.4) is 0 Å². The number of nitrogens with one attached hydrogen (secondary N) is 1. The van der Waals surface area contributed by atoms with Crippen LogP contribution in [0.1, 0.15) is 41.4 Å². The molecule has 0 spiro atoms. The molecule has 0 bridgehead atoms. The highest BCUT2D eigenvalue weighted by Crippen LogP contribution is 2.42. The molecule has 1 saturated heterocycles. The molecule has 1 aromatic rings. The molecule has 3 N–H and O–H groups in total. The highest BCUT2D eigenvalue weighted by atomic mass is 32.2. The maximum Gasteiger partial charge on any atom is 0.276 e. The van der Waals surface area contributed by atoms with Gasteiger partial charge in [0.1, 0.15) is 0 Å². The molecule has 1 atom stereocenters. The minimum atomic E-state index is -3.02. The first kappa shape index (κ1) is 13.4. The summed E-state index contributed by atoms with van der Waals surface area (Å²) < 4.78 is 23.0. The van der Waals surface area contributed by atoms with Crippen molar-refractivity contribution in [2.75, 3.05) is 24.3 Å². The van der Waals surface area contributed by atoms with Crippen LogP contribution in [-0.4, -0.2) is 54.0 Å². The summed E-state index contributed by atoms with van der Waals surface area (Å²) in [4.78, 5) is 13.8. The Labute approximate surface area is 117 Å². The molecule has 7 nitrogen and oxygen atoms in total. The molecule has 1 saturated carbocycles. The molecule has 2 heterocycles. The largest absolute Gasteiger partial charge is 0.395 e. The van der Waals surface area contributed by atoms with Gasteiger partial charge in [-0.25, -0.2) is 8.42 Å². The summed E-state index contributed by atoms with van der Waals surface area (Å²) >= 11 is 0. The van der Waals surface area contributed by atoms with Crippen molar-refractivity contribution >= 4 is 21.4 Å². The number of aromatic amines is 1. The molecule has 1 unspecified atom stereocenters. The highest BCUT2D eigenvalue weighted by molar-refractivity contribution is 7.91.